The summed E-state index contributed by atoms with van der Waals surface area (Å²) in [5.74, 6) is 0.148. The van der Waals surface area contributed by atoms with Crippen LogP contribution in [0.1, 0.15) is 19.3 Å². The van der Waals surface area contributed by atoms with Gasteiger partial charge in [-0.1, -0.05) is 0 Å². The summed E-state index contributed by atoms with van der Waals surface area (Å²) in [6, 6.07) is 0. The van der Waals surface area contributed by atoms with Crippen molar-refractivity contribution in [2.24, 2.45) is 0 Å². The van der Waals surface area contributed by atoms with Gasteiger partial charge in [0.2, 0.25) is 5.91 Å². The van der Waals surface area contributed by atoms with Crippen LogP contribution in [-0.2, 0) is 9.53 Å². The molecular formula is C7H11NO2. The third-order valence-electron chi connectivity index (χ3n) is 2.11. The average molecular weight is 141 g/mol. The van der Waals surface area contributed by atoms with Crippen LogP contribution in [0, 0.1) is 0 Å². The highest BCUT2D eigenvalue weighted by atomic mass is 16.5. The highest BCUT2D eigenvalue weighted by Gasteiger charge is 2.45. The molecule has 1 aliphatic carbocycles. The van der Waals surface area contributed by atoms with E-state index in [1.54, 1.807) is 0 Å². The van der Waals surface area contributed by atoms with Gasteiger partial charge in [-0.15, -0.1) is 0 Å². The number of hydrogen-bond donors (Lipinski definition) is 1. The predicted octanol–water partition coefficient (Wildman–Crippen LogP) is 0.0555. The van der Waals surface area contributed by atoms with Gasteiger partial charge in [0.15, 0.2) is 0 Å². The molecule has 3 heteroatoms. The fourth-order valence-electron chi connectivity index (χ4n) is 1.25. The predicted molar refractivity (Wildman–Crippen MR) is 35.5 cm³/mol. The minimum absolute atomic E-state index is 0.0631. The molecule has 56 valence electrons. The monoisotopic (exact) mass is 141 g/mol. The zero-order valence-electron chi connectivity index (χ0n) is 5.85. The second-order valence-electron chi connectivity index (χ2n) is 3.13. The molecule has 0 aromatic rings. The maximum Gasteiger partial charge on any atom is 0.222 e. The molecule has 1 spiro atoms. The van der Waals surface area contributed by atoms with Crippen molar-refractivity contribution < 1.29 is 9.53 Å². The first-order chi connectivity index (χ1) is 4.81. The van der Waals surface area contributed by atoms with Crippen molar-refractivity contribution in [1.82, 2.24) is 5.32 Å². The molecule has 1 saturated heterocycles. The van der Waals surface area contributed by atoms with E-state index in [0.29, 0.717) is 13.0 Å². The van der Waals surface area contributed by atoms with Gasteiger partial charge in [0.25, 0.3) is 0 Å². The van der Waals surface area contributed by atoms with Gasteiger partial charge in [0, 0.05) is 6.42 Å². The Morgan fingerprint density at radius 2 is 2.30 bits per heavy atom. The van der Waals surface area contributed by atoms with Crippen molar-refractivity contribution in [3.8, 4) is 0 Å². The topological polar surface area (TPSA) is 38.3 Å². The van der Waals surface area contributed by atoms with Gasteiger partial charge in [-0.05, 0) is 12.8 Å². The van der Waals surface area contributed by atoms with E-state index < -0.39 is 0 Å². The summed E-state index contributed by atoms with van der Waals surface area (Å²) in [5, 5.41) is 2.97. The van der Waals surface area contributed by atoms with Gasteiger partial charge in [0.05, 0.1) is 18.8 Å². The molecule has 2 fully saturated rings. The van der Waals surface area contributed by atoms with Crippen molar-refractivity contribution >= 4 is 5.91 Å². The maximum absolute atomic E-state index is 10.9. The molecule has 10 heavy (non-hydrogen) atoms. The summed E-state index contributed by atoms with van der Waals surface area (Å²) in [6.45, 7) is 1.31. The van der Waals surface area contributed by atoms with Crippen LogP contribution in [0.25, 0.3) is 0 Å². The third kappa shape index (κ3) is 1.01. The molecule has 1 aliphatic heterocycles. The fraction of sp³-hybridized carbons (Fsp3) is 0.857. The number of amides is 1. The van der Waals surface area contributed by atoms with Crippen LogP contribution in [0.4, 0.5) is 0 Å². The molecule has 1 heterocycles. The SMILES string of the molecule is O=C1CCOCC2(CC2)N1. The second-order valence-corrected chi connectivity index (χ2v) is 3.13. The lowest BCUT2D eigenvalue weighted by atomic mass is 10.3. The normalized spacial score (nSPS) is 29.4. The number of ether oxygens (including phenoxy) is 1. The van der Waals surface area contributed by atoms with Crippen LogP contribution in [0.2, 0.25) is 0 Å². The lowest BCUT2D eigenvalue weighted by Crippen LogP contribution is -2.37. The molecule has 1 saturated carbocycles. The zero-order chi connectivity index (χ0) is 7.03. The van der Waals surface area contributed by atoms with Crippen molar-refractivity contribution in [2.75, 3.05) is 13.2 Å². The number of hydrogen-bond acceptors (Lipinski definition) is 2. The molecule has 2 rings (SSSR count). The van der Waals surface area contributed by atoms with Crippen LogP contribution >= 0.6 is 0 Å². The number of rotatable bonds is 0. The van der Waals surface area contributed by atoms with E-state index >= 15 is 0 Å². The highest BCUT2D eigenvalue weighted by molar-refractivity contribution is 5.77. The summed E-state index contributed by atoms with van der Waals surface area (Å²) in [5.41, 5.74) is 0.0631. The van der Waals surface area contributed by atoms with E-state index in [1.807, 2.05) is 0 Å². The quantitative estimate of drug-likeness (QED) is 0.518. The van der Waals surface area contributed by atoms with Gasteiger partial charge >= 0.3 is 0 Å². The molecule has 0 aromatic carbocycles. The molecule has 0 atom stereocenters. The molecule has 0 radical (unpaired) electrons. The Morgan fingerprint density at radius 3 is 3.00 bits per heavy atom. The van der Waals surface area contributed by atoms with Crippen LogP contribution in [0.3, 0.4) is 0 Å². The molecular weight excluding hydrogens is 130 g/mol. The minimum atomic E-state index is 0.0631. The van der Waals surface area contributed by atoms with Crippen molar-refractivity contribution in [2.45, 2.75) is 24.8 Å². The third-order valence-corrected chi connectivity index (χ3v) is 2.11. The van der Waals surface area contributed by atoms with E-state index in [1.165, 1.54) is 0 Å². The van der Waals surface area contributed by atoms with E-state index in [-0.39, 0.29) is 11.4 Å². The summed E-state index contributed by atoms with van der Waals surface area (Å²) < 4.78 is 5.26. The lowest BCUT2D eigenvalue weighted by Gasteiger charge is -2.11. The first kappa shape index (κ1) is 6.16. The molecule has 3 nitrogen and oxygen atoms in total. The molecule has 0 unspecified atom stereocenters. The van der Waals surface area contributed by atoms with Crippen molar-refractivity contribution in [1.29, 1.82) is 0 Å². The largest absolute Gasteiger partial charge is 0.378 e. The molecule has 0 bridgehead atoms. The number of carbonyl (C=O) groups excluding carboxylic acids is 1. The first-order valence-electron chi connectivity index (χ1n) is 3.70. The van der Waals surface area contributed by atoms with E-state index in [0.717, 1.165) is 19.4 Å². The first-order valence-corrected chi connectivity index (χ1v) is 3.70. The van der Waals surface area contributed by atoms with E-state index in [2.05, 4.69) is 5.32 Å². The van der Waals surface area contributed by atoms with Crippen LogP contribution in [0.15, 0.2) is 0 Å². The smallest absolute Gasteiger partial charge is 0.222 e. The van der Waals surface area contributed by atoms with Gasteiger partial charge in [-0.2, -0.15) is 0 Å². The molecule has 1 N–H and O–H groups in total. The van der Waals surface area contributed by atoms with Gasteiger partial charge in [-0.3, -0.25) is 4.79 Å². The Labute approximate surface area is 59.7 Å². The summed E-state index contributed by atoms with van der Waals surface area (Å²) in [7, 11) is 0. The highest BCUT2D eigenvalue weighted by Crippen LogP contribution is 2.36. The summed E-state index contributed by atoms with van der Waals surface area (Å²) in [6.07, 6.45) is 2.72. The van der Waals surface area contributed by atoms with Crippen molar-refractivity contribution in [3.05, 3.63) is 0 Å². The molecule has 1 amide bonds. The van der Waals surface area contributed by atoms with Crippen LogP contribution < -0.4 is 5.32 Å². The molecule has 0 aromatic heterocycles. The maximum atomic E-state index is 10.9. The molecule has 2 aliphatic rings. The lowest BCUT2D eigenvalue weighted by molar-refractivity contribution is -0.121. The summed E-state index contributed by atoms with van der Waals surface area (Å²) in [4.78, 5) is 10.9. The van der Waals surface area contributed by atoms with Gasteiger partial charge < -0.3 is 10.1 Å². The number of nitrogens with one attached hydrogen (secondary N) is 1. The second kappa shape index (κ2) is 1.95. The average Bonchev–Trinajstić information content (AvgIpc) is 2.64. The zero-order valence-corrected chi connectivity index (χ0v) is 5.85. The Kier molecular flexibility index (Phi) is 1.20. The Bertz CT molecular complexity index is 163. The Morgan fingerprint density at radius 1 is 1.50 bits per heavy atom. The van der Waals surface area contributed by atoms with E-state index in [4.69, 9.17) is 4.74 Å². The minimum Gasteiger partial charge on any atom is -0.378 e. The Hall–Kier alpha value is -0.570. The van der Waals surface area contributed by atoms with Gasteiger partial charge in [0.1, 0.15) is 0 Å². The Balaban J connectivity index is 2.03. The van der Waals surface area contributed by atoms with Crippen LogP contribution in [-0.4, -0.2) is 24.7 Å². The van der Waals surface area contributed by atoms with Gasteiger partial charge in [-0.25, -0.2) is 0 Å². The van der Waals surface area contributed by atoms with Crippen LogP contribution in [0.5, 0.6) is 0 Å². The fourth-order valence-corrected chi connectivity index (χ4v) is 1.25. The van der Waals surface area contributed by atoms with E-state index in [9.17, 15) is 4.79 Å². The summed E-state index contributed by atoms with van der Waals surface area (Å²) >= 11 is 0. The van der Waals surface area contributed by atoms with Crippen molar-refractivity contribution in [3.63, 3.8) is 0 Å². The standard InChI is InChI=1S/C7H11NO2/c9-6-1-4-10-5-7(8-6)2-3-7/h1-5H2,(H,8,9). The number of carbonyl (C=O) groups is 1.